The van der Waals surface area contributed by atoms with E-state index in [2.05, 4.69) is 25.0 Å². The third-order valence-corrected chi connectivity index (χ3v) is 5.51. The Morgan fingerprint density at radius 1 is 1.00 bits per heavy atom. The number of ether oxygens (including phenoxy) is 1. The summed E-state index contributed by atoms with van der Waals surface area (Å²) in [6.07, 6.45) is 4.24. The van der Waals surface area contributed by atoms with Crippen molar-refractivity contribution in [1.29, 1.82) is 0 Å². The number of anilines is 2. The number of hydrogen-bond donors (Lipinski definition) is 0. The molecular weight excluding hydrogens is 399 g/mol. The zero-order valence-electron chi connectivity index (χ0n) is 18.3. The van der Waals surface area contributed by atoms with Crippen molar-refractivity contribution in [3.63, 3.8) is 0 Å². The van der Waals surface area contributed by atoms with Crippen LogP contribution in [-0.2, 0) is 11.8 Å². The van der Waals surface area contributed by atoms with Crippen molar-refractivity contribution in [2.24, 2.45) is 7.05 Å². The number of halogens is 1. The van der Waals surface area contributed by atoms with Crippen molar-refractivity contribution in [3.05, 3.63) is 29.8 Å². The van der Waals surface area contributed by atoms with E-state index in [-0.39, 0.29) is 0 Å². The Hall–Kier alpha value is -2.88. The molecule has 0 spiro atoms. The maximum absolute atomic E-state index is 14.0. The van der Waals surface area contributed by atoms with Crippen molar-refractivity contribution < 1.29 is 9.13 Å². The normalized spacial score (nSPS) is 19.3. The molecule has 166 valence electrons. The molecule has 0 N–H and O–H groups in total. The Labute approximate surface area is 181 Å². The quantitative estimate of drug-likeness (QED) is 0.614. The molecule has 1 atom stereocenters. The number of morpholine rings is 1. The van der Waals surface area contributed by atoms with Gasteiger partial charge in [0.05, 0.1) is 31.1 Å². The Balaban J connectivity index is 0.000000334. The highest BCUT2D eigenvalue weighted by Crippen LogP contribution is 2.28. The van der Waals surface area contributed by atoms with Crippen molar-refractivity contribution in [3.8, 4) is 0 Å². The number of rotatable bonds is 2. The molecular formula is C21H29FN8O. The first-order valence-electron chi connectivity index (χ1n) is 10.7. The number of piperidine rings is 1. The highest BCUT2D eigenvalue weighted by atomic mass is 19.1. The van der Waals surface area contributed by atoms with E-state index in [4.69, 9.17) is 9.72 Å². The van der Waals surface area contributed by atoms with Crippen LogP contribution >= 0.6 is 0 Å². The molecule has 2 aliphatic rings. The van der Waals surface area contributed by atoms with Gasteiger partial charge in [-0.2, -0.15) is 15.1 Å². The van der Waals surface area contributed by atoms with Gasteiger partial charge in [-0.05, 0) is 32.8 Å². The smallest absolute Gasteiger partial charge is 0.229 e. The maximum Gasteiger partial charge on any atom is 0.229 e. The molecule has 0 radical (unpaired) electrons. The van der Waals surface area contributed by atoms with Crippen LogP contribution < -0.4 is 9.80 Å². The highest BCUT2D eigenvalue weighted by Gasteiger charge is 2.25. The first-order valence-corrected chi connectivity index (χ1v) is 10.7. The highest BCUT2D eigenvalue weighted by molar-refractivity contribution is 5.84. The van der Waals surface area contributed by atoms with Gasteiger partial charge in [0.2, 0.25) is 5.95 Å². The summed E-state index contributed by atoms with van der Waals surface area (Å²) < 4.78 is 21.1. The van der Waals surface area contributed by atoms with Crippen molar-refractivity contribution >= 4 is 22.9 Å². The summed E-state index contributed by atoms with van der Waals surface area (Å²) in [7, 11) is 1.89. The molecule has 5 heterocycles. The molecule has 31 heavy (non-hydrogen) atoms. The van der Waals surface area contributed by atoms with E-state index in [9.17, 15) is 4.39 Å². The van der Waals surface area contributed by atoms with Crippen LogP contribution in [0.5, 0.6) is 0 Å². The minimum absolute atomic E-state index is 0.350. The van der Waals surface area contributed by atoms with Gasteiger partial charge in [-0.3, -0.25) is 4.68 Å². The lowest BCUT2D eigenvalue weighted by atomic mass is 10.1. The molecule has 0 aromatic carbocycles. The molecule has 2 aliphatic heterocycles. The molecule has 5 rings (SSSR count). The average Bonchev–Trinajstić information content (AvgIpc) is 3.26. The number of nitrogens with zero attached hydrogens (tertiary/aromatic N) is 8. The summed E-state index contributed by atoms with van der Waals surface area (Å²) in [5.41, 5.74) is 2.95. The Morgan fingerprint density at radius 3 is 2.42 bits per heavy atom. The van der Waals surface area contributed by atoms with E-state index in [1.807, 2.05) is 38.1 Å². The second-order valence-corrected chi connectivity index (χ2v) is 7.88. The number of hydrogen-bond acceptors (Lipinski definition) is 8. The second-order valence-electron chi connectivity index (χ2n) is 7.88. The third kappa shape index (κ3) is 5.07. The molecule has 0 amide bonds. The van der Waals surface area contributed by atoms with Crippen molar-refractivity contribution in [2.45, 2.75) is 32.9 Å². The SMILES string of the molecule is Cc1nc2nc(N3CCOCC3)nc(N3CCCC(F)C3)c2nc1C.Cn1cccn1. The van der Waals surface area contributed by atoms with Crippen LogP contribution in [0.2, 0.25) is 0 Å². The fourth-order valence-corrected chi connectivity index (χ4v) is 3.67. The van der Waals surface area contributed by atoms with E-state index in [1.54, 1.807) is 10.9 Å². The Bertz CT molecular complexity index is 1010. The van der Waals surface area contributed by atoms with Crippen LogP contribution in [0.15, 0.2) is 18.5 Å². The zero-order valence-corrected chi connectivity index (χ0v) is 18.3. The summed E-state index contributed by atoms with van der Waals surface area (Å²) in [6, 6.07) is 1.89. The standard InChI is InChI=1S/C17H23FN6O.C4H6N2/c1-11-12(2)20-15-14(19-11)16(24-5-3-4-13(18)10-24)22-17(21-15)23-6-8-25-9-7-23;1-6-4-2-3-5-6/h13H,3-10H2,1-2H3;2-4H,1H3. The van der Waals surface area contributed by atoms with Crippen LogP contribution in [0, 0.1) is 13.8 Å². The van der Waals surface area contributed by atoms with Crippen LogP contribution in [0.1, 0.15) is 24.2 Å². The van der Waals surface area contributed by atoms with Crippen LogP contribution in [0.4, 0.5) is 16.2 Å². The lowest BCUT2D eigenvalue weighted by molar-refractivity contribution is 0.122. The van der Waals surface area contributed by atoms with Crippen LogP contribution in [0.3, 0.4) is 0 Å². The van der Waals surface area contributed by atoms with Gasteiger partial charge in [-0.15, -0.1) is 0 Å². The summed E-state index contributed by atoms with van der Waals surface area (Å²) in [6.45, 7) is 7.79. The first kappa shape index (κ1) is 21.4. The molecule has 0 bridgehead atoms. The third-order valence-electron chi connectivity index (χ3n) is 5.51. The lowest BCUT2D eigenvalue weighted by Crippen LogP contribution is -2.39. The van der Waals surface area contributed by atoms with Crippen LogP contribution in [0.25, 0.3) is 11.2 Å². The van der Waals surface area contributed by atoms with E-state index in [1.165, 1.54) is 0 Å². The van der Waals surface area contributed by atoms with Gasteiger partial charge in [0.1, 0.15) is 6.17 Å². The van der Waals surface area contributed by atoms with Gasteiger partial charge in [0.25, 0.3) is 0 Å². The number of aryl methyl sites for hydroxylation is 3. The Kier molecular flexibility index (Phi) is 6.55. The number of alkyl halides is 1. The lowest BCUT2D eigenvalue weighted by Gasteiger charge is -2.32. The van der Waals surface area contributed by atoms with Gasteiger partial charge in [0, 0.05) is 39.1 Å². The monoisotopic (exact) mass is 428 g/mol. The molecule has 0 saturated carbocycles. The fraction of sp³-hybridized carbons (Fsp3) is 0.571. The van der Waals surface area contributed by atoms with E-state index >= 15 is 0 Å². The molecule has 10 heteroatoms. The van der Waals surface area contributed by atoms with Crippen molar-refractivity contribution in [1.82, 2.24) is 29.7 Å². The predicted octanol–water partition coefficient (Wildman–Crippen LogP) is 2.23. The van der Waals surface area contributed by atoms with Gasteiger partial charge < -0.3 is 14.5 Å². The summed E-state index contributed by atoms with van der Waals surface area (Å²) in [4.78, 5) is 22.8. The van der Waals surface area contributed by atoms with Crippen molar-refractivity contribution in [2.75, 3.05) is 49.2 Å². The molecule has 0 aliphatic carbocycles. The molecule has 9 nitrogen and oxygen atoms in total. The summed E-state index contributed by atoms with van der Waals surface area (Å²) in [5.74, 6) is 1.33. The van der Waals surface area contributed by atoms with E-state index in [0.717, 1.165) is 37.4 Å². The molecule has 3 aromatic rings. The van der Waals surface area contributed by atoms with Gasteiger partial charge in [0.15, 0.2) is 17.0 Å². The Morgan fingerprint density at radius 2 is 1.77 bits per heavy atom. The van der Waals surface area contributed by atoms with E-state index < -0.39 is 6.17 Å². The second kappa shape index (κ2) is 9.51. The molecule has 1 unspecified atom stereocenters. The summed E-state index contributed by atoms with van der Waals surface area (Å²) >= 11 is 0. The van der Waals surface area contributed by atoms with E-state index in [0.29, 0.717) is 49.1 Å². The first-order chi connectivity index (χ1) is 15.0. The summed E-state index contributed by atoms with van der Waals surface area (Å²) in [5, 5.41) is 3.83. The number of aromatic nitrogens is 6. The minimum Gasteiger partial charge on any atom is -0.378 e. The number of fused-ring (bicyclic) bond motifs is 1. The molecule has 3 aromatic heterocycles. The van der Waals surface area contributed by atoms with Crippen LogP contribution in [-0.4, -0.2) is 75.3 Å². The largest absolute Gasteiger partial charge is 0.378 e. The van der Waals surface area contributed by atoms with Gasteiger partial charge in [-0.25, -0.2) is 14.4 Å². The zero-order chi connectivity index (χ0) is 21.8. The predicted molar refractivity (Wildman–Crippen MR) is 117 cm³/mol. The fourth-order valence-electron chi connectivity index (χ4n) is 3.67. The topological polar surface area (TPSA) is 85.1 Å². The molecule has 2 fully saturated rings. The molecule has 2 saturated heterocycles. The van der Waals surface area contributed by atoms with Gasteiger partial charge >= 0.3 is 0 Å². The minimum atomic E-state index is -0.829. The average molecular weight is 429 g/mol. The maximum atomic E-state index is 14.0. The van der Waals surface area contributed by atoms with Gasteiger partial charge in [-0.1, -0.05) is 0 Å².